The smallest absolute Gasteiger partial charge is 0.248 e. The van der Waals surface area contributed by atoms with E-state index >= 15 is 0 Å². The van der Waals surface area contributed by atoms with Crippen molar-refractivity contribution in [3.63, 3.8) is 0 Å². The molecular formula is C11H8FNO2. The molecule has 0 spiro atoms. The number of furan rings is 1. The maximum absolute atomic E-state index is 13.1. The number of carbonyl (C=O) groups excluding carboxylic acids is 1. The molecule has 0 fully saturated rings. The van der Waals surface area contributed by atoms with Crippen LogP contribution in [0.5, 0.6) is 0 Å². The van der Waals surface area contributed by atoms with E-state index in [0.717, 1.165) is 6.07 Å². The van der Waals surface area contributed by atoms with Gasteiger partial charge in [-0.05, 0) is 30.3 Å². The lowest BCUT2D eigenvalue weighted by Gasteiger charge is -2.00. The van der Waals surface area contributed by atoms with E-state index in [1.54, 1.807) is 12.1 Å². The summed E-state index contributed by atoms with van der Waals surface area (Å²) in [6.07, 6.45) is 1.48. The van der Waals surface area contributed by atoms with E-state index in [9.17, 15) is 9.18 Å². The van der Waals surface area contributed by atoms with Crippen molar-refractivity contribution in [2.45, 2.75) is 0 Å². The highest BCUT2D eigenvalue weighted by molar-refractivity contribution is 5.93. The molecule has 1 amide bonds. The van der Waals surface area contributed by atoms with Crippen LogP contribution in [-0.2, 0) is 0 Å². The van der Waals surface area contributed by atoms with Gasteiger partial charge in [0, 0.05) is 11.1 Å². The van der Waals surface area contributed by atoms with Crippen LogP contribution in [0.3, 0.4) is 0 Å². The van der Waals surface area contributed by atoms with E-state index < -0.39 is 11.7 Å². The Hall–Kier alpha value is -2.10. The van der Waals surface area contributed by atoms with Crippen LogP contribution >= 0.6 is 0 Å². The van der Waals surface area contributed by atoms with Crippen molar-refractivity contribution in [3.05, 3.63) is 48.0 Å². The van der Waals surface area contributed by atoms with Gasteiger partial charge in [-0.25, -0.2) is 4.39 Å². The molecule has 0 radical (unpaired) electrons. The Morgan fingerprint density at radius 2 is 2.13 bits per heavy atom. The number of hydrogen-bond acceptors (Lipinski definition) is 2. The summed E-state index contributed by atoms with van der Waals surface area (Å²) in [5.41, 5.74) is 5.69. The molecule has 1 heterocycles. The third kappa shape index (κ3) is 1.88. The number of nitrogens with two attached hydrogens (primary N) is 1. The predicted molar refractivity (Wildman–Crippen MR) is 52.6 cm³/mol. The Morgan fingerprint density at radius 1 is 1.33 bits per heavy atom. The second kappa shape index (κ2) is 3.57. The van der Waals surface area contributed by atoms with Gasteiger partial charge in [0.05, 0.1) is 6.26 Å². The monoisotopic (exact) mass is 205 g/mol. The first kappa shape index (κ1) is 9.45. The SMILES string of the molecule is NC(=O)c1cc(F)cc(-c2ccco2)c1. The summed E-state index contributed by atoms with van der Waals surface area (Å²) in [6, 6.07) is 7.23. The molecule has 15 heavy (non-hydrogen) atoms. The van der Waals surface area contributed by atoms with Crippen molar-refractivity contribution in [1.29, 1.82) is 0 Å². The number of halogens is 1. The molecule has 1 aromatic carbocycles. The van der Waals surface area contributed by atoms with Crippen LogP contribution in [0.2, 0.25) is 0 Å². The molecule has 0 saturated heterocycles. The molecule has 0 bridgehead atoms. The Bertz CT molecular complexity index is 491. The average molecular weight is 205 g/mol. The number of benzene rings is 1. The third-order valence-corrected chi connectivity index (χ3v) is 1.99. The van der Waals surface area contributed by atoms with Gasteiger partial charge in [-0.2, -0.15) is 0 Å². The molecular weight excluding hydrogens is 197 g/mol. The fourth-order valence-electron chi connectivity index (χ4n) is 1.32. The molecule has 2 aromatic rings. The van der Waals surface area contributed by atoms with Crippen LogP contribution in [0.15, 0.2) is 41.0 Å². The van der Waals surface area contributed by atoms with Crippen LogP contribution < -0.4 is 5.73 Å². The summed E-state index contributed by atoms with van der Waals surface area (Å²) in [7, 11) is 0. The molecule has 0 atom stereocenters. The van der Waals surface area contributed by atoms with Crippen LogP contribution in [0.4, 0.5) is 4.39 Å². The van der Waals surface area contributed by atoms with Gasteiger partial charge in [0.1, 0.15) is 11.6 Å². The number of hydrogen-bond donors (Lipinski definition) is 1. The van der Waals surface area contributed by atoms with Crippen molar-refractivity contribution in [2.24, 2.45) is 5.73 Å². The van der Waals surface area contributed by atoms with Crippen LogP contribution in [0.1, 0.15) is 10.4 Å². The number of rotatable bonds is 2. The van der Waals surface area contributed by atoms with Crippen molar-refractivity contribution < 1.29 is 13.6 Å². The third-order valence-electron chi connectivity index (χ3n) is 1.99. The molecule has 4 heteroatoms. The molecule has 0 aliphatic heterocycles. The second-order valence-corrected chi connectivity index (χ2v) is 3.07. The Morgan fingerprint density at radius 3 is 2.73 bits per heavy atom. The van der Waals surface area contributed by atoms with Gasteiger partial charge >= 0.3 is 0 Å². The van der Waals surface area contributed by atoms with Gasteiger partial charge in [0.15, 0.2) is 0 Å². The lowest BCUT2D eigenvalue weighted by atomic mass is 10.1. The highest BCUT2D eigenvalue weighted by Crippen LogP contribution is 2.22. The number of primary amides is 1. The maximum Gasteiger partial charge on any atom is 0.248 e. The summed E-state index contributed by atoms with van der Waals surface area (Å²) < 4.78 is 18.2. The molecule has 2 N–H and O–H groups in total. The van der Waals surface area contributed by atoms with E-state index in [-0.39, 0.29) is 5.56 Å². The van der Waals surface area contributed by atoms with Crippen molar-refractivity contribution in [1.82, 2.24) is 0 Å². The second-order valence-electron chi connectivity index (χ2n) is 3.07. The predicted octanol–water partition coefficient (Wildman–Crippen LogP) is 2.18. The lowest BCUT2D eigenvalue weighted by Crippen LogP contribution is -2.11. The molecule has 0 saturated carbocycles. The first-order valence-corrected chi connectivity index (χ1v) is 4.31. The summed E-state index contributed by atoms with van der Waals surface area (Å²) in [6.45, 7) is 0. The molecule has 2 rings (SSSR count). The maximum atomic E-state index is 13.1. The molecule has 3 nitrogen and oxygen atoms in total. The zero-order valence-corrected chi connectivity index (χ0v) is 7.74. The molecule has 0 unspecified atom stereocenters. The van der Waals surface area contributed by atoms with E-state index in [0.29, 0.717) is 11.3 Å². The van der Waals surface area contributed by atoms with Gasteiger partial charge in [-0.15, -0.1) is 0 Å². The van der Waals surface area contributed by atoms with Crippen molar-refractivity contribution in [2.75, 3.05) is 0 Å². The van der Waals surface area contributed by atoms with Gasteiger partial charge < -0.3 is 10.2 Å². The summed E-state index contributed by atoms with van der Waals surface area (Å²) >= 11 is 0. The molecule has 0 aliphatic rings. The van der Waals surface area contributed by atoms with Crippen molar-refractivity contribution >= 4 is 5.91 Å². The van der Waals surface area contributed by atoms with E-state index in [1.165, 1.54) is 18.4 Å². The Kier molecular flexibility index (Phi) is 2.25. The van der Waals surface area contributed by atoms with Crippen LogP contribution in [-0.4, -0.2) is 5.91 Å². The van der Waals surface area contributed by atoms with E-state index in [2.05, 4.69) is 0 Å². The Labute approximate surface area is 85.3 Å². The zero-order chi connectivity index (χ0) is 10.8. The minimum Gasteiger partial charge on any atom is -0.464 e. The zero-order valence-electron chi connectivity index (χ0n) is 7.74. The van der Waals surface area contributed by atoms with Gasteiger partial charge in [0.2, 0.25) is 5.91 Å². The first-order chi connectivity index (χ1) is 7.16. The van der Waals surface area contributed by atoms with Gasteiger partial charge in [-0.1, -0.05) is 0 Å². The highest BCUT2D eigenvalue weighted by atomic mass is 19.1. The quantitative estimate of drug-likeness (QED) is 0.816. The first-order valence-electron chi connectivity index (χ1n) is 4.31. The van der Waals surface area contributed by atoms with Crippen LogP contribution in [0.25, 0.3) is 11.3 Å². The van der Waals surface area contributed by atoms with Gasteiger partial charge in [0.25, 0.3) is 0 Å². The average Bonchev–Trinajstić information content (AvgIpc) is 2.69. The highest BCUT2D eigenvalue weighted by Gasteiger charge is 2.08. The molecule has 76 valence electrons. The molecule has 1 aromatic heterocycles. The molecule has 0 aliphatic carbocycles. The van der Waals surface area contributed by atoms with E-state index in [4.69, 9.17) is 10.2 Å². The summed E-state index contributed by atoms with van der Waals surface area (Å²) in [5, 5.41) is 0. The summed E-state index contributed by atoms with van der Waals surface area (Å²) in [4.78, 5) is 10.9. The van der Waals surface area contributed by atoms with E-state index in [1.807, 2.05) is 0 Å². The van der Waals surface area contributed by atoms with Crippen molar-refractivity contribution in [3.8, 4) is 11.3 Å². The largest absolute Gasteiger partial charge is 0.464 e. The fourth-order valence-corrected chi connectivity index (χ4v) is 1.32. The lowest BCUT2D eigenvalue weighted by molar-refractivity contribution is 0.1000. The normalized spacial score (nSPS) is 10.2. The topological polar surface area (TPSA) is 56.2 Å². The van der Waals surface area contributed by atoms with Gasteiger partial charge in [-0.3, -0.25) is 4.79 Å². The van der Waals surface area contributed by atoms with Crippen LogP contribution in [0, 0.1) is 5.82 Å². The fraction of sp³-hybridized carbons (Fsp3) is 0. The number of carbonyl (C=O) groups is 1. The number of amides is 1. The summed E-state index contributed by atoms with van der Waals surface area (Å²) in [5.74, 6) is -0.683. The minimum atomic E-state index is -0.665. The minimum absolute atomic E-state index is 0.126. The standard InChI is InChI=1S/C11H8FNO2/c12-9-5-7(10-2-1-3-15-10)4-8(6-9)11(13)14/h1-6H,(H2,13,14). The Balaban J connectivity index is 2.54.